The fourth-order valence-electron chi connectivity index (χ4n) is 3.72. The average molecular weight is 416 g/mol. The molecule has 0 N–H and O–H groups in total. The Morgan fingerprint density at radius 3 is 2.81 bits per heavy atom. The molecular weight excluding hydrogens is 396 g/mol. The molecule has 1 saturated heterocycles. The Morgan fingerprint density at radius 2 is 1.97 bits per heavy atom. The van der Waals surface area contributed by atoms with Crippen molar-refractivity contribution in [2.24, 2.45) is 0 Å². The molecule has 1 aliphatic rings. The van der Waals surface area contributed by atoms with Crippen LogP contribution in [0.25, 0.3) is 22.2 Å². The van der Waals surface area contributed by atoms with Crippen LogP contribution >= 0.6 is 0 Å². The highest BCUT2D eigenvalue weighted by Gasteiger charge is 2.29. The van der Waals surface area contributed by atoms with Gasteiger partial charge in [-0.3, -0.25) is 9.78 Å². The van der Waals surface area contributed by atoms with Crippen LogP contribution in [0.5, 0.6) is 11.8 Å². The molecule has 31 heavy (non-hydrogen) atoms. The number of methoxy groups -OCH3 is 1. The van der Waals surface area contributed by atoms with Crippen LogP contribution in [-0.4, -0.2) is 52.2 Å². The molecule has 4 aromatic rings. The molecule has 1 amide bonds. The Bertz CT molecular complexity index is 1220. The minimum atomic E-state index is -0.149. The van der Waals surface area contributed by atoms with E-state index in [-0.39, 0.29) is 12.0 Å². The molecule has 2 aromatic heterocycles. The number of fused-ring (bicyclic) bond motifs is 1. The lowest BCUT2D eigenvalue weighted by Crippen LogP contribution is -2.31. The number of aromatic nitrogens is 3. The number of ether oxygens (including phenoxy) is 2. The van der Waals surface area contributed by atoms with Crippen molar-refractivity contribution < 1.29 is 18.8 Å². The summed E-state index contributed by atoms with van der Waals surface area (Å²) in [7, 11) is 1.53. The van der Waals surface area contributed by atoms with Crippen molar-refractivity contribution in [3.05, 3.63) is 66.5 Å². The molecular formula is C23H20N4O4. The number of hydrogen-bond donors (Lipinski definition) is 0. The highest BCUT2D eigenvalue weighted by molar-refractivity contribution is 6.01. The van der Waals surface area contributed by atoms with Crippen LogP contribution in [0.2, 0.25) is 0 Å². The van der Waals surface area contributed by atoms with E-state index >= 15 is 0 Å². The normalized spacial score (nSPS) is 15.9. The molecule has 0 saturated carbocycles. The third-order valence-corrected chi connectivity index (χ3v) is 5.28. The smallest absolute Gasteiger partial charge is 0.254 e. The van der Waals surface area contributed by atoms with Crippen molar-refractivity contribution in [3.63, 3.8) is 0 Å². The van der Waals surface area contributed by atoms with Gasteiger partial charge in [0.05, 0.1) is 31.4 Å². The van der Waals surface area contributed by atoms with E-state index in [9.17, 15) is 4.79 Å². The number of benzene rings is 2. The van der Waals surface area contributed by atoms with Crippen LogP contribution in [0.15, 0.2) is 65.4 Å². The molecule has 5 rings (SSSR count). The summed E-state index contributed by atoms with van der Waals surface area (Å²) in [5.41, 5.74) is 2.23. The van der Waals surface area contributed by atoms with Crippen LogP contribution < -0.4 is 9.47 Å². The first kappa shape index (κ1) is 19.0. The summed E-state index contributed by atoms with van der Waals surface area (Å²) >= 11 is 0. The number of hydrogen-bond acceptors (Lipinski definition) is 7. The van der Waals surface area contributed by atoms with Gasteiger partial charge in [0.15, 0.2) is 5.76 Å². The van der Waals surface area contributed by atoms with Crippen LogP contribution in [0, 0.1) is 0 Å². The van der Waals surface area contributed by atoms with Crippen molar-refractivity contribution in [1.82, 2.24) is 20.0 Å². The van der Waals surface area contributed by atoms with Gasteiger partial charge in [0, 0.05) is 24.1 Å². The first-order chi connectivity index (χ1) is 15.2. The molecule has 8 nitrogen and oxygen atoms in total. The standard InChI is InChI=1S/C23H20N4O4/c1-29-20-12-24-13-21(25-20)30-17-9-10-27(14-17)23(28)16-7-8-19-18(11-16)22(31-26-19)15-5-3-2-4-6-15/h2-8,11-13,17H,9-10,14H2,1H3. The maximum atomic E-state index is 13.1. The molecule has 1 aliphatic heterocycles. The molecule has 156 valence electrons. The summed E-state index contributed by atoms with van der Waals surface area (Å²) < 4.78 is 16.5. The Morgan fingerprint density at radius 1 is 1.13 bits per heavy atom. The van der Waals surface area contributed by atoms with Crippen LogP contribution in [0.4, 0.5) is 0 Å². The van der Waals surface area contributed by atoms with Crippen molar-refractivity contribution in [2.75, 3.05) is 20.2 Å². The summed E-state index contributed by atoms with van der Waals surface area (Å²) in [6, 6.07) is 15.2. The molecule has 2 aromatic carbocycles. The minimum Gasteiger partial charge on any atom is -0.480 e. The van der Waals surface area contributed by atoms with Crippen molar-refractivity contribution >= 4 is 16.8 Å². The maximum absolute atomic E-state index is 13.1. The van der Waals surface area contributed by atoms with Gasteiger partial charge in [-0.1, -0.05) is 35.5 Å². The lowest BCUT2D eigenvalue weighted by atomic mass is 10.1. The summed E-state index contributed by atoms with van der Waals surface area (Å²) in [5.74, 6) is 1.38. The van der Waals surface area contributed by atoms with E-state index in [1.807, 2.05) is 42.5 Å². The number of likely N-dealkylation sites (tertiary alicyclic amines) is 1. The Balaban J connectivity index is 1.33. The molecule has 8 heteroatoms. The fraction of sp³-hybridized carbons (Fsp3) is 0.217. The van der Waals surface area contributed by atoms with E-state index in [1.54, 1.807) is 11.0 Å². The summed E-state index contributed by atoms with van der Waals surface area (Å²) in [6.45, 7) is 1.08. The zero-order chi connectivity index (χ0) is 21.2. The lowest BCUT2D eigenvalue weighted by Gasteiger charge is -2.17. The molecule has 1 fully saturated rings. The van der Waals surface area contributed by atoms with Gasteiger partial charge < -0.3 is 18.9 Å². The van der Waals surface area contributed by atoms with Crippen LogP contribution in [0.3, 0.4) is 0 Å². The van der Waals surface area contributed by atoms with Crippen LogP contribution in [0.1, 0.15) is 16.8 Å². The second-order valence-corrected chi connectivity index (χ2v) is 7.29. The minimum absolute atomic E-state index is 0.0510. The van der Waals surface area contributed by atoms with Crippen molar-refractivity contribution in [3.8, 4) is 23.1 Å². The molecule has 0 spiro atoms. The van der Waals surface area contributed by atoms with E-state index in [0.29, 0.717) is 36.2 Å². The van der Waals surface area contributed by atoms with Gasteiger partial charge in [0.1, 0.15) is 11.6 Å². The number of nitrogens with zero attached hydrogens (tertiary/aromatic N) is 4. The molecule has 1 atom stereocenters. The van der Waals surface area contributed by atoms with Crippen molar-refractivity contribution in [1.29, 1.82) is 0 Å². The highest BCUT2D eigenvalue weighted by atomic mass is 16.5. The van der Waals surface area contributed by atoms with Gasteiger partial charge in [-0.2, -0.15) is 4.98 Å². The molecule has 3 heterocycles. The first-order valence-electron chi connectivity index (χ1n) is 9.98. The zero-order valence-electron chi connectivity index (χ0n) is 16.9. The third-order valence-electron chi connectivity index (χ3n) is 5.28. The van der Waals surface area contributed by atoms with E-state index < -0.39 is 0 Å². The van der Waals surface area contributed by atoms with E-state index in [2.05, 4.69) is 15.1 Å². The summed E-state index contributed by atoms with van der Waals surface area (Å²) in [5, 5.41) is 4.94. The fourth-order valence-corrected chi connectivity index (χ4v) is 3.72. The van der Waals surface area contributed by atoms with Gasteiger partial charge in [-0.25, -0.2) is 0 Å². The first-order valence-corrected chi connectivity index (χ1v) is 9.98. The summed E-state index contributed by atoms with van der Waals surface area (Å²) in [4.78, 5) is 23.2. The van der Waals surface area contributed by atoms with Crippen LogP contribution in [-0.2, 0) is 0 Å². The van der Waals surface area contributed by atoms with E-state index in [4.69, 9.17) is 14.0 Å². The number of amides is 1. The predicted octanol–water partition coefficient (Wildman–Crippen LogP) is 3.59. The van der Waals surface area contributed by atoms with Gasteiger partial charge in [-0.15, -0.1) is 0 Å². The second kappa shape index (κ2) is 8.06. The Hall–Kier alpha value is -3.94. The number of rotatable bonds is 5. The van der Waals surface area contributed by atoms with Crippen molar-refractivity contribution in [2.45, 2.75) is 12.5 Å². The van der Waals surface area contributed by atoms with Gasteiger partial charge >= 0.3 is 0 Å². The van der Waals surface area contributed by atoms with E-state index in [1.165, 1.54) is 19.5 Å². The van der Waals surface area contributed by atoms with Gasteiger partial charge in [0.25, 0.3) is 5.91 Å². The quantitative estimate of drug-likeness (QED) is 0.491. The zero-order valence-corrected chi connectivity index (χ0v) is 16.9. The van der Waals surface area contributed by atoms with Gasteiger partial charge in [-0.05, 0) is 18.2 Å². The SMILES string of the molecule is COc1cncc(OC2CCN(C(=O)c3ccc4noc(-c5ccccc5)c4c3)C2)n1. The third kappa shape index (κ3) is 3.79. The Kier molecular flexibility index (Phi) is 4.95. The lowest BCUT2D eigenvalue weighted by molar-refractivity contribution is 0.0771. The van der Waals surface area contributed by atoms with E-state index in [0.717, 1.165) is 22.9 Å². The van der Waals surface area contributed by atoms with Gasteiger partial charge in [0.2, 0.25) is 11.8 Å². The molecule has 1 unspecified atom stereocenters. The average Bonchev–Trinajstić information content (AvgIpc) is 3.46. The predicted molar refractivity (Wildman–Crippen MR) is 113 cm³/mol. The second-order valence-electron chi connectivity index (χ2n) is 7.29. The highest BCUT2D eigenvalue weighted by Crippen LogP contribution is 2.30. The largest absolute Gasteiger partial charge is 0.480 e. The Labute approximate surface area is 178 Å². The topological polar surface area (TPSA) is 90.6 Å². The summed E-state index contributed by atoms with van der Waals surface area (Å²) in [6.07, 6.45) is 3.62. The molecule has 0 radical (unpaired) electrons. The number of carbonyl (C=O) groups is 1. The number of carbonyl (C=O) groups excluding carboxylic acids is 1. The monoisotopic (exact) mass is 416 g/mol. The molecule has 0 bridgehead atoms. The maximum Gasteiger partial charge on any atom is 0.254 e. The molecule has 0 aliphatic carbocycles.